The number of unbranched alkanes of at least 4 members (excludes halogenated alkanes) is 2. The molecular formula is C10H16O3. The summed E-state index contributed by atoms with van der Waals surface area (Å²) in [5.74, 6) is -0.0265. The van der Waals surface area contributed by atoms with E-state index in [1.807, 2.05) is 0 Å². The SMILES string of the molecule is CCCCC[C@@H]1O[C@@H](O)C=CC1=O. The Morgan fingerprint density at radius 2 is 2.31 bits per heavy atom. The quantitative estimate of drug-likeness (QED) is 0.672. The Hall–Kier alpha value is -0.670. The fourth-order valence-electron chi connectivity index (χ4n) is 1.36. The van der Waals surface area contributed by atoms with Crippen molar-refractivity contribution in [3.05, 3.63) is 12.2 Å². The molecule has 1 rings (SSSR count). The molecule has 1 aliphatic heterocycles. The Morgan fingerprint density at radius 3 is 3.00 bits per heavy atom. The molecule has 0 aromatic heterocycles. The number of ketones is 1. The van der Waals surface area contributed by atoms with Gasteiger partial charge in [-0.05, 0) is 18.6 Å². The normalized spacial score (nSPS) is 28.0. The Kier molecular flexibility index (Phi) is 4.12. The fraction of sp³-hybridized carbons (Fsp3) is 0.700. The average Bonchev–Trinajstić information content (AvgIpc) is 2.11. The number of carbonyl (C=O) groups is 1. The van der Waals surface area contributed by atoms with Crippen LogP contribution in [-0.4, -0.2) is 23.3 Å². The van der Waals surface area contributed by atoms with E-state index in [4.69, 9.17) is 9.84 Å². The second kappa shape index (κ2) is 5.14. The zero-order valence-electron chi connectivity index (χ0n) is 7.90. The van der Waals surface area contributed by atoms with Crippen LogP contribution in [-0.2, 0) is 9.53 Å². The van der Waals surface area contributed by atoms with Crippen molar-refractivity contribution in [2.75, 3.05) is 0 Å². The van der Waals surface area contributed by atoms with Crippen molar-refractivity contribution in [2.45, 2.75) is 45.0 Å². The van der Waals surface area contributed by atoms with Crippen molar-refractivity contribution in [1.82, 2.24) is 0 Å². The lowest BCUT2D eigenvalue weighted by molar-refractivity contribution is -0.148. The summed E-state index contributed by atoms with van der Waals surface area (Å²) in [5, 5.41) is 9.09. The van der Waals surface area contributed by atoms with Crippen molar-refractivity contribution in [1.29, 1.82) is 0 Å². The van der Waals surface area contributed by atoms with Crippen molar-refractivity contribution >= 4 is 5.78 Å². The minimum absolute atomic E-state index is 0.0265. The van der Waals surface area contributed by atoms with Gasteiger partial charge in [-0.25, -0.2) is 0 Å². The number of aliphatic hydroxyl groups is 1. The maximum absolute atomic E-state index is 11.2. The molecule has 0 saturated carbocycles. The highest BCUT2D eigenvalue weighted by atomic mass is 16.6. The summed E-state index contributed by atoms with van der Waals surface area (Å²) in [6.07, 6.45) is 5.38. The first kappa shape index (κ1) is 10.4. The summed E-state index contributed by atoms with van der Waals surface area (Å²) in [6.45, 7) is 2.11. The molecule has 0 spiro atoms. The van der Waals surface area contributed by atoms with Crippen LogP contribution in [0.5, 0.6) is 0 Å². The number of aliphatic hydroxyl groups excluding tert-OH is 1. The van der Waals surface area contributed by atoms with Crippen LogP contribution in [0, 0.1) is 0 Å². The molecule has 0 fully saturated rings. The second-order valence-corrected chi connectivity index (χ2v) is 3.27. The van der Waals surface area contributed by atoms with Gasteiger partial charge in [0, 0.05) is 0 Å². The van der Waals surface area contributed by atoms with Crippen LogP contribution < -0.4 is 0 Å². The van der Waals surface area contributed by atoms with E-state index in [1.54, 1.807) is 0 Å². The van der Waals surface area contributed by atoms with Crippen LogP contribution in [0.15, 0.2) is 12.2 Å². The van der Waals surface area contributed by atoms with Gasteiger partial charge in [-0.2, -0.15) is 0 Å². The van der Waals surface area contributed by atoms with E-state index in [9.17, 15) is 4.79 Å². The molecule has 3 heteroatoms. The van der Waals surface area contributed by atoms with Crippen LogP contribution in [0.25, 0.3) is 0 Å². The van der Waals surface area contributed by atoms with Crippen molar-refractivity contribution in [3.63, 3.8) is 0 Å². The maximum Gasteiger partial charge on any atom is 0.184 e. The van der Waals surface area contributed by atoms with Crippen LogP contribution in [0.2, 0.25) is 0 Å². The summed E-state index contributed by atoms with van der Waals surface area (Å²) >= 11 is 0. The smallest absolute Gasteiger partial charge is 0.184 e. The summed E-state index contributed by atoms with van der Waals surface area (Å²) in [6, 6.07) is 0. The van der Waals surface area contributed by atoms with E-state index in [-0.39, 0.29) is 5.78 Å². The fourth-order valence-corrected chi connectivity index (χ4v) is 1.36. The average molecular weight is 184 g/mol. The van der Waals surface area contributed by atoms with Gasteiger partial charge >= 0.3 is 0 Å². The van der Waals surface area contributed by atoms with Crippen LogP contribution in [0.3, 0.4) is 0 Å². The Morgan fingerprint density at radius 1 is 1.54 bits per heavy atom. The maximum atomic E-state index is 11.2. The van der Waals surface area contributed by atoms with Gasteiger partial charge in [0.05, 0.1) is 0 Å². The number of hydrogen-bond donors (Lipinski definition) is 1. The van der Waals surface area contributed by atoms with E-state index >= 15 is 0 Å². The third-order valence-corrected chi connectivity index (χ3v) is 2.12. The highest BCUT2D eigenvalue weighted by Crippen LogP contribution is 2.14. The Labute approximate surface area is 78.4 Å². The molecule has 0 bridgehead atoms. The first-order valence-corrected chi connectivity index (χ1v) is 4.79. The van der Waals surface area contributed by atoms with Gasteiger partial charge < -0.3 is 9.84 Å². The van der Waals surface area contributed by atoms with Crippen LogP contribution >= 0.6 is 0 Å². The molecule has 74 valence electrons. The minimum Gasteiger partial charge on any atom is -0.365 e. The topological polar surface area (TPSA) is 46.5 Å². The lowest BCUT2D eigenvalue weighted by Crippen LogP contribution is -2.31. The van der Waals surface area contributed by atoms with Gasteiger partial charge in [-0.3, -0.25) is 4.79 Å². The van der Waals surface area contributed by atoms with Gasteiger partial charge in [-0.15, -0.1) is 0 Å². The number of carbonyl (C=O) groups excluding carboxylic acids is 1. The summed E-state index contributed by atoms with van der Waals surface area (Å²) in [5.41, 5.74) is 0. The predicted molar refractivity (Wildman–Crippen MR) is 49.2 cm³/mol. The second-order valence-electron chi connectivity index (χ2n) is 3.27. The standard InChI is InChI=1S/C10H16O3/c1-2-3-4-5-9-8(11)6-7-10(12)13-9/h6-7,9-10,12H,2-5H2,1H3/t9-,10+/m0/s1. The third-order valence-electron chi connectivity index (χ3n) is 2.12. The molecule has 1 N–H and O–H groups in total. The first-order chi connectivity index (χ1) is 6.24. The molecule has 0 aliphatic carbocycles. The van der Waals surface area contributed by atoms with E-state index in [1.165, 1.54) is 12.2 Å². The summed E-state index contributed by atoms with van der Waals surface area (Å²) in [4.78, 5) is 11.2. The highest BCUT2D eigenvalue weighted by molar-refractivity contribution is 5.94. The molecule has 0 radical (unpaired) electrons. The molecule has 1 heterocycles. The van der Waals surface area contributed by atoms with Crippen molar-refractivity contribution in [2.24, 2.45) is 0 Å². The molecule has 0 aromatic rings. The van der Waals surface area contributed by atoms with Gasteiger partial charge in [0.1, 0.15) is 6.10 Å². The van der Waals surface area contributed by atoms with Crippen molar-refractivity contribution < 1.29 is 14.6 Å². The molecule has 0 saturated heterocycles. The van der Waals surface area contributed by atoms with Gasteiger partial charge in [-0.1, -0.05) is 26.2 Å². The zero-order chi connectivity index (χ0) is 9.68. The van der Waals surface area contributed by atoms with Gasteiger partial charge in [0.2, 0.25) is 0 Å². The number of ether oxygens (including phenoxy) is 1. The summed E-state index contributed by atoms with van der Waals surface area (Å²) < 4.78 is 5.06. The lowest BCUT2D eigenvalue weighted by atomic mass is 10.1. The Balaban J connectivity index is 2.32. The first-order valence-electron chi connectivity index (χ1n) is 4.79. The summed E-state index contributed by atoms with van der Waals surface area (Å²) in [7, 11) is 0. The molecule has 0 unspecified atom stereocenters. The lowest BCUT2D eigenvalue weighted by Gasteiger charge is -2.21. The van der Waals surface area contributed by atoms with Crippen LogP contribution in [0.4, 0.5) is 0 Å². The van der Waals surface area contributed by atoms with E-state index in [0.29, 0.717) is 6.42 Å². The third kappa shape index (κ3) is 3.28. The van der Waals surface area contributed by atoms with Gasteiger partial charge in [0.15, 0.2) is 12.1 Å². The monoisotopic (exact) mass is 184 g/mol. The molecule has 1 aliphatic rings. The van der Waals surface area contributed by atoms with Gasteiger partial charge in [0.25, 0.3) is 0 Å². The molecule has 13 heavy (non-hydrogen) atoms. The van der Waals surface area contributed by atoms with E-state index < -0.39 is 12.4 Å². The van der Waals surface area contributed by atoms with Crippen molar-refractivity contribution in [3.8, 4) is 0 Å². The minimum atomic E-state index is -0.899. The molecular weight excluding hydrogens is 168 g/mol. The van der Waals surface area contributed by atoms with Crippen LogP contribution in [0.1, 0.15) is 32.6 Å². The molecule has 0 aromatic carbocycles. The largest absolute Gasteiger partial charge is 0.365 e. The Bertz CT molecular complexity index is 198. The molecule has 0 amide bonds. The molecule has 2 atom stereocenters. The number of hydrogen-bond acceptors (Lipinski definition) is 3. The predicted octanol–water partition coefficient (Wildman–Crippen LogP) is 1.41. The zero-order valence-corrected chi connectivity index (χ0v) is 7.90. The van der Waals surface area contributed by atoms with E-state index in [0.717, 1.165) is 19.3 Å². The number of rotatable bonds is 4. The highest BCUT2D eigenvalue weighted by Gasteiger charge is 2.22. The molecule has 3 nitrogen and oxygen atoms in total. The van der Waals surface area contributed by atoms with E-state index in [2.05, 4.69) is 6.92 Å².